The number of hydrogen-bond donors (Lipinski definition) is 2. The zero-order valence-electron chi connectivity index (χ0n) is 11.1. The minimum Gasteiger partial charge on any atom is -0.382 e. The maximum absolute atomic E-state index is 5.81. The minimum absolute atomic E-state index is 0.433. The topological polar surface area (TPSA) is 77.5 Å². The van der Waals surface area contributed by atoms with Crippen LogP contribution in [0.5, 0.6) is 0 Å². The Hall–Kier alpha value is -2.60. The smallest absolute Gasteiger partial charge is 0.180 e. The van der Waals surface area contributed by atoms with Crippen molar-refractivity contribution in [1.29, 1.82) is 0 Å². The molecule has 0 radical (unpaired) electrons. The molecule has 3 rings (SSSR count). The van der Waals surface area contributed by atoms with Gasteiger partial charge in [0.1, 0.15) is 5.82 Å². The molecule has 6 nitrogen and oxygen atoms in total. The zero-order valence-corrected chi connectivity index (χ0v) is 11.1. The Labute approximate surface area is 116 Å². The first-order valence-electron chi connectivity index (χ1n) is 6.21. The fourth-order valence-electron chi connectivity index (χ4n) is 2.09. The van der Waals surface area contributed by atoms with Crippen molar-refractivity contribution in [3.05, 3.63) is 48.4 Å². The van der Waals surface area contributed by atoms with Gasteiger partial charge in [-0.25, -0.2) is 9.97 Å². The van der Waals surface area contributed by atoms with Gasteiger partial charge in [-0.1, -0.05) is 18.2 Å². The molecule has 1 aromatic carbocycles. The van der Waals surface area contributed by atoms with E-state index in [9.17, 15) is 0 Å². The number of nitrogens with zero attached hydrogens (tertiary/aromatic N) is 3. The summed E-state index contributed by atoms with van der Waals surface area (Å²) in [5.41, 5.74) is 8.51. The average molecular weight is 269 g/mol. The lowest BCUT2D eigenvalue weighted by Gasteiger charge is -2.12. The summed E-state index contributed by atoms with van der Waals surface area (Å²) in [6.07, 6.45) is 5.27. The fourth-order valence-corrected chi connectivity index (χ4v) is 2.09. The number of para-hydroxylation sites is 1. The summed E-state index contributed by atoms with van der Waals surface area (Å²) in [7, 11) is 1.67. The van der Waals surface area contributed by atoms with E-state index in [1.807, 2.05) is 34.9 Å². The first-order valence-corrected chi connectivity index (χ1v) is 6.21. The Morgan fingerprint density at radius 2 is 2.20 bits per heavy atom. The predicted molar refractivity (Wildman–Crippen MR) is 77.8 cm³/mol. The summed E-state index contributed by atoms with van der Waals surface area (Å²) < 4.78 is 7.03. The van der Waals surface area contributed by atoms with E-state index < -0.39 is 0 Å². The van der Waals surface area contributed by atoms with Crippen LogP contribution in [0.2, 0.25) is 0 Å². The number of ether oxygens (including phenoxy) is 1. The van der Waals surface area contributed by atoms with E-state index in [-0.39, 0.29) is 0 Å². The van der Waals surface area contributed by atoms with Crippen LogP contribution < -0.4 is 11.1 Å². The molecule has 0 saturated carbocycles. The van der Waals surface area contributed by atoms with Crippen LogP contribution in [0, 0.1) is 0 Å². The van der Waals surface area contributed by atoms with Crippen molar-refractivity contribution in [2.24, 2.45) is 0 Å². The average Bonchev–Trinajstić information content (AvgIpc) is 2.89. The molecule has 0 aliphatic rings. The van der Waals surface area contributed by atoms with E-state index in [1.165, 1.54) is 0 Å². The maximum atomic E-state index is 5.81. The highest BCUT2D eigenvalue weighted by Gasteiger charge is 2.08. The molecule has 0 unspecified atom stereocenters. The fraction of sp³-hybridized carbons (Fsp3) is 0.143. The first-order chi connectivity index (χ1) is 9.78. The molecule has 3 aromatic rings. The van der Waals surface area contributed by atoms with Gasteiger partial charge in [-0.3, -0.25) is 0 Å². The van der Waals surface area contributed by atoms with Crippen LogP contribution in [0.25, 0.3) is 5.65 Å². The number of nitrogen functional groups attached to an aromatic ring is 1. The van der Waals surface area contributed by atoms with Crippen LogP contribution in [-0.4, -0.2) is 21.5 Å². The van der Waals surface area contributed by atoms with Crippen LogP contribution in [0.4, 0.5) is 17.3 Å². The lowest BCUT2D eigenvalue weighted by Crippen LogP contribution is -2.04. The number of benzene rings is 1. The summed E-state index contributed by atoms with van der Waals surface area (Å²) in [6.45, 7) is 0.524. The predicted octanol–water partition coefficient (Wildman–Crippen LogP) is 2.20. The van der Waals surface area contributed by atoms with Gasteiger partial charge in [0, 0.05) is 30.8 Å². The highest BCUT2D eigenvalue weighted by Crippen LogP contribution is 2.23. The molecule has 0 fully saturated rings. The third kappa shape index (κ3) is 2.28. The molecule has 3 N–H and O–H groups in total. The summed E-state index contributed by atoms with van der Waals surface area (Å²) in [5.74, 6) is 1.06. The van der Waals surface area contributed by atoms with Crippen LogP contribution in [0.15, 0.2) is 42.9 Å². The molecule has 0 saturated heterocycles. The van der Waals surface area contributed by atoms with Crippen LogP contribution in [0.1, 0.15) is 5.56 Å². The molecule has 6 heteroatoms. The number of imidazole rings is 1. The Morgan fingerprint density at radius 1 is 1.35 bits per heavy atom. The number of nitrogens with one attached hydrogen (secondary N) is 1. The number of rotatable bonds is 4. The van der Waals surface area contributed by atoms with Gasteiger partial charge in [-0.05, 0) is 6.07 Å². The van der Waals surface area contributed by atoms with E-state index in [0.29, 0.717) is 18.2 Å². The summed E-state index contributed by atoms with van der Waals surface area (Å²) in [5, 5.41) is 3.27. The molecule has 2 aromatic heterocycles. The van der Waals surface area contributed by atoms with Crippen molar-refractivity contribution in [2.45, 2.75) is 6.61 Å². The second kappa shape index (κ2) is 5.18. The third-order valence-corrected chi connectivity index (χ3v) is 2.96. The van der Waals surface area contributed by atoms with Crippen molar-refractivity contribution in [3.8, 4) is 0 Å². The number of methoxy groups -OCH3 is 1. The van der Waals surface area contributed by atoms with Crippen LogP contribution >= 0.6 is 0 Å². The van der Waals surface area contributed by atoms with Crippen molar-refractivity contribution < 1.29 is 4.74 Å². The summed E-state index contributed by atoms with van der Waals surface area (Å²) in [6, 6.07) is 7.90. The molecule has 0 atom stereocenters. The normalized spacial score (nSPS) is 10.8. The second-order valence-corrected chi connectivity index (χ2v) is 4.39. The van der Waals surface area contributed by atoms with Gasteiger partial charge in [0.2, 0.25) is 0 Å². The number of anilines is 3. The van der Waals surface area contributed by atoms with Crippen LogP contribution in [-0.2, 0) is 11.3 Å². The Kier molecular flexibility index (Phi) is 3.22. The van der Waals surface area contributed by atoms with Crippen LogP contribution in [0.3, 0.4) is 0 Å². The first kappa shape index (κ1) is 12.4. The van der Waals surface area contributed by atoms with Crippen molar-refractivity contribution in [2.75, 3.05) is 18.2 Å². The second-order valence-electron chi connectivity index (χ2n) is 4.39. The van der Waals surface area contributed by atoms with Crippen molar-refractivity contribution >= 4 is 23.0 Å². The highest BCUT2D eigenvalue weighted by atomic mass is 16.5. The standard InChI is InChI=1S/C14H15N5O/c1-20-9-10-4-2-3-5-11(10)17-13-14-16-6-7-19(14)8-12(15)18-13/h2-8H,9,15H2,1H3,(H,17,18). The number of hydrogen-bond acceptors (Lipinski definition) is 5. The highest BCUT2D eigenvalue weighted by molar-refractivity contribution is 5.72. The van der Waals surface area contributed by atoms with E-state index in [4.69, 9.17) is 10.5 Å². The van der Waals surface area contributed by atoms with Gasteiger partial charge in [-0.2, -0.15) is 0 Å². The Morgan fingerprint density at radius 3 is 3.05 bits per heavy atom. The number of nitrogens with two attached hydrogens (primary N) is 1. The number of fused-ring (bicyclic) bond motifs is 1. The molecular weight excluding hydrogens is 254 g/mol. The quantitative estimate of drug-likeness (QED) is 0.759. The van der Waals surface area contributed by atoms with Crippen molar-refractivity contribution in [1.82, 2.24) is 14.4 Å². The number of aromatic nitrogens is 3. The van der Waals surface area contributed by atoms with Crippen molar-refractivity contribution in [3.63, 3.8) is 0 Å². The molecule has 0 aliphatic heterocycles. The molecule has 0 spiro atoms. The maximum Gasteiger partial charge on any atom is 0.180 e. The van der Waals surface area contributed by atoms with E-state index >= 15 is 0 Å². The lowest BCUT2D eigenvalue weighted by molar-refractivity contribution is 0.185. The van der Waals surface area contributed by atoms with E-state index in [0.717, 1.165) is 16.9 Å². The monoisotopic (exact) mass is 269 g/mol. The van der Waals surface area contributed by atoms with Gasteiger partial charge in [0.15, 0.2) is 11.5 Å². The molecule has 20 heavy (non-hydrogen) atoms. The lowest BCUT2D eigenvalue weighted by atomic mass is 10.2. The van der Waals surface area contributed by atoms with Gasteiger partial charge in [0.05, 0.1) is 12.8 Å². The summed E-state index contributed by atoms with van der Waals surface area (Å²) >= 11 is 0. The van der Waals surface area contributed by atoms with Gasteiger partial charge in [0.25, 0.3) is 0 Å². The largest absolute Gasteiger partial charge is 0.382 e. The van der Waals surface area contributed by atoms with Gasteiger partial charge >= 0.3 is 0 Å². The SMILES string of the molecule is COCc1ccccc1Nc1nc(N)cn2ccnc12. The van der Waals surface area contributed by atoms with E-state index in [2.05, 4.69) is 15.3 Å². The molecule has 0 amide bonds. The Bertz CT molecular complexity index is 737. The Balaban J connectivity index is 2.03. The van der Waals surface area contributed by atoms with Gasteiger partial charge < -0.3 is 20.2 Å². The molecule has 0 aliphatic carbocycles. The molecule has 0 bridgehead atoms. The van der Waals surface area contributed by atoms with E-state index in [1.54, 1.807) is 19.5 Å². The van der Waals surface area contributed by atoms with Gasteiger partial charge in [-0.15, -0.1) is 0 Å². The molecular formula is C14H15N5O. The minimum atomic E-state index is 0.433. The third-order valence-electron chi connectivity index (χ3n) is 2.96. The summed E-state index contributed by atoms with van der Waals surface area (Å²) in [4.78, 5) is 8.60. The molecule has 102 valence electrons. The molecule has 2 heterocycles. The zero-order chi connectivity index (χ0) is 13.9.